The van der Waals surface area contributed by atoms with E-state index in [4.69, 9.17) is 4.42 Å². The van der Waals surface area contributed by atoms with Crippen molar-refractivity contribution in [1.29, 1.82) is 0 Å². The fourth-order valence-electron chi connectivity index (χ4n) is 3.50. The Hall–Kier alpha value is -2.15. The van der Waals surface area contributed by atoms with Crippen molar-refractivity contribution < 1.29 is 9.21 Å². The number of hydrogen-bond acceptors (Lipinski definition) is 4. The topological polar surface area (TPSA) is 48.7 Å². The number of furan rings is 1. The number of hydrogen-bond donors (Lipinski definition) is 1. The summed E-state index contributed by atoms with van der Waals surface area (Å²) >= 11 is 3.44. The highest BCUT2D eigenvalue weighted by atomic mass is 79.9. The Balaban J connectivity index is 1.36. The Morgan fingerprint density at radius 3 is 2.68 bits per heavy atom. The molecule has 2 heterocycles. The second kappa shape index (κ2) is 8.47. The van der Waals surface area contributed by atoms with Gasteiger partial charge in [-0.05, 0) is 42.4 Å². The molecule has 1 aliphatic heterocycles. The van der Waals surface area contributed by atoms with Crippen LogP contribution in [-0.4, -0.2) is 48.9 Å². The van der Waals surface area contributed by atoms with Crippen molar-refractivity contribution in [3.05, 3.63) is 69.9 Å². The number of amides is 1. The molecule has 0 bridgehead atoms. The fourth-order valence-corrected chi connectivity index (χ4v) is 3.88. The SMILES string of the molecule is CN1CCN(Cc2cccc(CNC(=O)c3cc4cc(Br)ccc4o3)c2)CC1. The highest BCUT2D eigenvalue weighted by Gasteiger charge is 2.15. The maximum Gasteiger partial charge on any atom is 0.287 e. The first-order chi connectivity index (χ1) is 13.6. The summed E-state index contributed by atoms with van der Waals surface area (Å²) in [5.41, 5.74) is 3.09. The maximum absolute atomic E-state index is 12.5. The quantitative estimate of drug-likeness (QED) is 0.652. The van der Waals surface area contributed by atoms with E-state index in [2.05, 4.69) is 56.3 Å². The molecule has 5 nitrogen and oxygen atoms in total. The third-order valence-corrected chi connectivity index (χ3v) is 5.64. The number of piperazine rings is 1. The van der Waals surface area contributed by atoms with Crippen molar-refractivity contribution in [1.82, 2.24) is 15.1 Å². The summed E-state index contributed by atoms with van der Waals surface area (Å²) in [5, 5.41) is 3.87. The predicted molar refractivity (Wildman–Crippen MR) is 114 cm³/mol. The van der Waals surface area contributed by atoms with Crippen LogP contribution >= 0.6 is 15.9 Å². The molecule has 6 heteroatoms. The molecule has 0 radical (unpaired) electrons. The van der Waals surface area contributed by atoms with Gasteiger partial charge in [0, 0.05) is 49.1 Å². The lowest BCUT2D eigenvalue weighted by Gasteiger charge is -2.32. The van der Waals surface area contributed by atoms with E-state index >= 15 is 0 Å². The molecule has 1 saturated heterocycles. The van der Waals surface area contributed by atoms with Crippen molar-refractivity contribution in [3.63, 3.8) is 0 Å². The van der Waals surface area contributed by atoms with Crippen LogP contribution < -0.4 is 5.32 Å². The van der Waals surface area contributed by atoms with E-state index in [0.29, 0.717) is 17.9 Å². The number of nitrogens with zero attached hydrogens (tertiary/aromatic N) is 2. The lowest BCUT2D eigenvalue weighted by molar-refractivity contribution is 0.0925. The van der Waals surface area contributed by atoms with Crippen LogP contribution in [0.3, 0.4) is 0 Å². The average Bonchev–Trinajstić information content (AvgIpc) is 3.11. The Kier molecular flexibility index (Phi) is 5.80. The summed E-state index contributed by atoms with van der Waals surface area (Å²) in [6.07, 6.45) is 0. The van der Waals surface area contributed by atoms with E-state index in [1.54, 1.807) is 6.07 Å². The van der Waals surface area contributed by atoms with Gasteiger partial charge in [0.2, 0.25) is 0 Å². The monoisotopic (exact) mass is 441 g/mol. The van der Waals surface area contributed by atoms with Crippen molar-refractivity contribution in [2.75, 3.05) is 33.2 Å². The van der Waals surface area contributed by atoms with Gasteiger partial charge in [-0.3, -0.25) is 9.69 Å². The van der Waals surface area contributed by atoms with Gasteiger partial charge >= 0.3 is 0 Å². The van der Waals surface area contributed by atoms with E-state index in [0.717, 1.165) is 48.1 Å². The molecule has 0 atom stereocenters. The number of nitrogens with one attached hydrogen (secondary N) is 1. The molecule has 4 rings (SSSR count). The second-order valence-corrected chi connectivity index (χ2v) is 8.29. The number of benzene rings is 2. The van der Waals surface area contributed by atoms with Gasteiger partial charge in [0.15, 0.2) is 5.76 Å². The first kappa shape index (κ1) is 19.2. The van der Waals surface area contributed by atoms with Gasteiger partial charge in [0.25, 0.3) is 5.91 Å². The van der Waals surface area contributed by atoms with Crippen LogP contribution in [0.15, 0.2) is 57.4 Å². The van der Waals surface area contributed by atoms with Gasteiger partial charge in [-0.15, -0.1) is 0 Å². The van der Waals surface area contributed by atoms with Crippen molar-refractivity contribution in [2.45, 2.75) is 13.1 Å². The largest absolute Gasteiger partial charge is 0.451 e. The molecule has 28 heavy (non-hydrogen) atoms. The lowest BCUT2D eigenvalue weighted by atomic mass is 10.1. The van der Waals surface area contributed by atoms with Crippen molar-refractivity contribution in [2.24, 2.45) is 0 Å². The Morgan fingerprint density at radius 2 is 1.86 bits per heavy atom. The fraction of sp³-hybridized carbons (Fsp3) is 0.318. The molecular weight excluding hydrogens is 418 g/mol. The minimum atomic E-state index is -0.197. The molecule has 0 unspecified atom stereocenters. The minimum absolute atomic E-state index is 0.197. The van der Waals surface area contributed by atoms with E-state index in [-0.39, 0.29) is 5.91 Å². The maximum atomic E-state index is 12.5. The summed E-state index contributed by atoms with van der Waals surface area (Å²) in [7, 11) is 2.17. The average molecular weight is 442 g/mol. The number of rotatable bonds is 5. The van der Waals surface area contributed by atoms with Crippen LogP contribution in [0.5, 0.6) is 0 Å². The van der Waals surface area contributed by atoms with E-state index in [1.165, 1.54) is 5.56 Å². The summed E-state index contributed by atoms with van der Waals surface area (Å²) in [4.78, 5) is 17.3. The molecule has 1 aliphatic rings. The van der Waals surface area contributed by atoms with Crippen LogP contribution in [-0.2, 0) is 13.1 Å². The smallest absolute Gasteiger partial charge is 0.287 e. The molecule has 3 aromatic rings. The lowest BCUT2D eigenvalue weighted by Crippen LogP contribution is -2.43. The van der Waals surface area contributed by atoms with Gasteiger partial charge in [0.05, 0.1) is 0 Å². The molecule has 1 aromatic heterocycles. The van der Waals surface area contributed by atoms with Crippen molar-refractivity contribution in [3.8, 4) is 0 Å². The van der Waals surface area contributed by atoms with Crippen LogP contribution in [0, 0.1) is 0 Å². The molecule has 146 valence electrons. The summed E-state index contributed by atoms with van der Waals surface area (Å²) in [6, 6.07) is 15.9. The molecule has 0 spiro atoms. The summed E-state index contributed by atoms with van der Waals surface area (Å²) in [6.45, 7) is 5.86. The van der Waals surface area contributed by atoms with Crippen molar-refractivity contribution >= 4 is 32.8 Å². The standard InChI is InChI=1S/C22H24BrN3O2/c1-25-7-9-26(10-8-25)15-17-4-2-3-16(11-17)14-24-22(27)21-13-18-12-19(23)5-6-20(18)28-21/h2-6,11-13H,7-10,14-15H2,1H3,(H,24,27). The Bertz CT molecular complexity index is 977. The molecule has 0 saturated carbocycles. The van der Waals surface area contributed by atoms with E-state index in [1.807, 2.05) is 24.3 Å². The van der Waals surface area contributed by atoms with Gasteiger partial charge in [-0.25, -0.2) is 0 Å². The predicted octanol–water partition coefficient (Wildman–Crippen LogP) is 3.87. The minimum Gasteiger partial charge on any atom is -0.451 e. The van der Waals surface area contributed by atoms with Gasteiger partial charge < -0.3 is 14.6 Å². The zero-order valence-corrected chi connectivity index (χ0v) is 17.5. The first-order valence-electron chi connectivity index (χ1n) is 9.53. The zero-order valence-electron chi connectivity index (χ0n) is 16.0. The van der Waals surface area contributed by atoms with Gasteiger partial charge in [0.1, 0.15) is 5.58 Å². The summed E-state index contributed by atoms with van der Waals surface area (Å²) in [5.74, 6) is 0.137. The molecular formula is C22H24BrN3O2. The third-order valence-electron chi connectivity index (χ3n) is 5.15. The molecule has 0 aliphatic carbocycles. The molecule has 1 fully saturated rings. The Labute approximate surface area is 173 Å². The van der Waals surface area contributed by atoms with Crippen LogP contribution in [0.25, 0.3) is 11.0 Å². The van der Waals surface area contributed by atoms with E-state index in [9.17, 15) is 4.79 Å². The van der Waals surface area contributed by atoms with E-state index < -0.39 is 0 Å². The first-order valence-corrected chi connectivity index (χ1v) is 10.3. The molecule has 1 amide bonds. The van der Waals surface area contributed by atoms with Gasteiger partial charge in [-0.1, -0.05) is 40.2 Å². The van der Waals surface area contributed by atoms with Crippen LogP contribution in [0.2, 0.25) is 0 Å². The molecule has 2 aromatic carbocycles. The molecule has 1 N–H and O–H groups in total. The summed E-state index contributed by atoms with van der Waals surface area (Å²) < 4.78 is 6.63. The van der Waals surface area contributed by atoms with Gasteiger partial charge in [-0.2, -0.15) is 0 Å². The Morgan fingerprint density at radius 1 is 1.07 bits per heavy atom. The number of likely N-dealkylation sites (N-methyl/N-ethyl adjacent to an activating group) is 1. The number of carbonyl (C=O) groups excluding carboxylic acids is 1. The number of halogens is 1. The van der Waals surface area contributed by atoms with Crippen LogP contribution in [0.4, 0.5) is 0 Å². The second-order valence-electron chi connectivity index (χ2n) is 7.37. The number of carbonyl (C=O) groups is 1. The normalized spacial score (nSPS) is 15.8. The third kappa shape index (κ3) is 4.63. The zero-order chi connectivity index (χ0) is 19.5. The number of fused-ring (bicyclic) bond motifs is 1. The highest BCUT2D eigenvalue weighted by Crippen LogP contribution is 2.23. The van der Waals surface area contributed by atoms with Crippen LogP contribution in [0.1, 0.15) is 21.7 Å². The highest BCUT2D eigenvalue weighted by molar-refractivity contribution is 9.10.